The summed E-state index contributed by atoms with van der Waals surface area (Å²) in [5, 5.41) is 6.25. The first-order valence-corrected chi connectivity index (χ1v) is 6.95. The predicted molar refractivity (Wildman–Crippen MR) is 80.2 cm³/mol. The van der Waals surface area contributed by atoms with E-state index in [1.54, 1.807) is 0 Å². The minimum atomic E-state index is -0.194. The molecular weight excluding hydrogens is 276 g/mol. The highest BCUT2D eigenvalue weighted by molar-refractivity contribution is 5.85. The van der Waals surface area contributed by atoms with Crippen molar-refractivity contribution >= 4 is 18.3 Å². The minimum Gasteiger partial charge on any atom is -0.378 e. The van der Waals surface area contributed by atoms with E-state index >= 15 is 0 Å². The van der Waals surface area contributed by atoms with Gasteiger partial charge in [0.15, 0.2) is 0 Å². The molecule has 2 N–H and O–H groups in total. The molecule has 1 heterocycles. The summed E-state index contributed by atoms with van der Waals surface area (Å²) in [5.41, 5.74) is 1.51. The molecule has 1 aromatic rings. The Morgan fingerprint density at radius 2 is 2.10 bits per heavy atom. The summed E-state index contributed by atoms with van der Waals surface area (Å²) in [6.07, 6.45) is 2.32. The second-order valence-corrected chi connectivity index (χ2v) is 5.45. The molecule has 2 aliphatic rings. The van der Waals surface area contributed by atoms with E-state index in [2.05, 4.69) is 34.9 Å². The van der Waals surface area contributed by atoms with Gasteiger partial charge < -0.3 is 15.4 Å². The molecule has 1 atom stereocenters. The molecule has 2 fully saturated rings. The number of benzene rings is 1. The van der Waals surface area contributed by atoms with E-state index < -0.39 is 0 Å². The third kappa shape index (κ3) is 3.32. The van der Waals surface area contributed by atoms with Crippen molar-refractivity contribution in [3.05, 3.63) is 35.9 Å². The van der Waals surface area contributed by atoms with E-state index in [1.807, 2.05) is 6.07 Å². The van der Waals surface area contributed by atoms with Gasteiger partial charge in [0, 0.05) is 18.5 Å². The molecule has 1 unspecified atom stereocenters. The van der Waals surface area contributed by atoms with Crippen LogP contribution in [0.25, 0.3) is 0 Å². The van der Waals surface area contributed by atoms with Gasteiger partial charge in [0.25, 0.3) is 0 Å². The molecule has 1 aromatic carbocycles. The first-order valence-electron chi connectivity index (χ1n) is 6.95. The van der Waals surface area contributed by atoms with Crippen molar-refractivity contribution in [2.24, 2.45) is 0 Å². The highest BCUT2D eigenvalue weighted by atomic mass is 35.5. The van der Waals surface area contributed by atoms with Crippen molar-refractivity contribution in [2.45, 2.75) is 24.3 Å². The summed E-state index contributed by atoms with van der Waals surface area (Å²) in [6, 6.07) is 10.3. The van der Waals surface area contributed by atoms with Crippen molar-refractivity contribution < 1.29 is 9.53 Å². The molecule has 1 aliphatic carbocycles. The number of nitrogens with one attached hydrogen (secondary N) is 2. The molecule has 110 valence electrons. The summed E-state index contributed by atoms with van der Waals surface area (Å²) < 4.78 is 5.31. The molecular formula is C15H21ClN2O2. The van der Waals surface area contributed by atoms with Crippen LogP contribution in [0.3, 0.4) is 0 Å². The lowest BCUT2D eigenvalue weighted by molar-refractivity contribution is -0.126. The Kier molecular flexibility index (Phi) is 5.02. The first kappa shape index (κ1) is 15.3. The van der Waals surface area contributed by atoms with Crippen LogP contribution in [0.4, 0.5) is 0 Å². The fourth-order valence-electron chi connectivity index (χ4n) is 2.62. The first-order chi connectivity index (χ1) is 9.30. The average molecular weight is 297 g/mol. The molecule has 1 saturated heterocycles. The van der Waals surface area contributed by atoms with Crippen LogP contribution in [0.1, 0.15) is 18.4 Å². The van der Waals surface area contributed by atoms with Gasteiger partial charge in [-0.2, -0.15) is 0 Å². The minimum absolute atomic E-state index is 0. The maximum Gasteiger partial charge on any atom is 0.239 e. The molecule has 3 rings (SSSR count). The lowest BCUT2D eigenvalue weighted by Gasteiger charge is -2.24. The van der Waals surface area contributed by atoms with E-state index in [0.29, 0.717) is 13.2 Å². The number of carbonyl (C=O) groups is 1. The van der Waals surface area contributed by atoms with Gasteiger partial charge in [-0.25, -0.2) is 0 Å². The Hall–Kier alpha value is -1.10. The Morgan fingerprint density at radius 3 is 2.70 bits per heavy atom. The van der Waals surface area contributed by atoms with Crippen LogP contribution in [0.5, 0.6) is 0 Å². The van der Waals surface area contributed by atoms with Gasteiger partial charge in [-0.1, -0.05) is 30.3 Å². The number of amides is 1. The van der Waals surface area contributed by atoms with Crippen LogP contribution in [0.15, 0.2) is 30.3 Å². The molecule has 5 heteroatoms. The van der Waals surface area contributed by atoms with Crippen LogP contribution in [0.2, 0.25) is 0 Å². The van der Waals surface area contributed by atoms with Crippen LogP contribution >= 0.6 is 12.4 Å². The molecule has 20 heavy (non-hydrogen) atoms. The quantitative estimate of drug-likeness (QED) is 0.879. The molecule has 0 radical (unpaired) electrons. The van der Waals surface area contributed by atoms with Crippen LogP contribution in [-0.4, -0.2) is 38.3 Å². The number of morpholine rings is 1. The van der Waals surface area contributed by atoms with Crippen LogP contribution < -0.4 is 10.6 Å². The predicted octanol–water partition coefficient (Wildman–Crippen LogP) is 1.24. The van der Waals surface area contributed by atoms with Crippen molar-refractivity contribution in [1.82, 2.24) is 10.6 Å². The summed E-state index contributed by atoms with van der Waals surface area (Å²) in [7, 11) is 0. The molecule has 0 spiro atoms. The topological polar surface area (TPSA) is 50.4 Å². The SMILES string of the molecule is Cl.O=C(NCC1(c2ccccc2)CC1)C1COCCN1. The largest absolute Gasteiger partial charge is 0.378 e. The van der Waals surface area contributed by atoms with E-state index in [-0.39, 0.29) is 29.8 Å². The third-order valence-corrected chi connectivity index (χ3v) is 4.08. The Morgan fingerprint density at radius 1 is 1.35 bits per heavy atom. The number of hydrogen-bond acceptors (Lipinski definition) is 3. The third-order valence-electron chi connectivity index (χ3n) is 4.08. The smallest absolute Gasteiger partial charge is 0.239 e. The lowest BCUT2D eigenvalue weighted by Crippen LogP contribution is -2.52. The second kappa shape index (κ2) is 6.57. The van der Waals surface area contributed by atoms with Crippen LogP contribution in [0, 0.1) is 0 Å². The van der Waals surface area contributed by atoms with E-state index in [4.69, 9.17) is 4.74 Å². The number of carbonyl (C=O) groups excluding carboxylic acids is 1. The summed E-state index contributed by atoms with van der Waals surface area (Å²) in [4.78, 5) is 12.1. The van der Waals surface area contributed by atoms with Crippen molar-refractivity contribution in [1.29, 1.82) is 0 Å². The maximum atomic E-state index is 12.1. The summed E-state index contributed by atoms with van der Waals surface area (Å²) in [6.45, 7) is 2.65. The van der Waals surface area contributed by atoms with Gasteiger partial charge in [0.05, 0.1) is 13.2 Å². The zero-order valence-electron chi connectivity index (χ0n) is 11.4. The molecule has 0 aromatic heterocycles. The molecule has 1 saturated carbocycles. The monoisotopic (exact) mass is 296 g/mol. The molecule has 1 aliphatic heterocycles. The number of rotatable bonds is 4. The zero-order chi connectivity index (χ0) is 13.1. The van der Waals surface area contributed by atoms with E-state index in [0.717, 1.165) is 25.9 Å². The van der Waals surface area contributed by atoms with Crippen molar-refractivity contribution in [2.75, 3.05) is 26.3 Å². The van der Waals surface area contributed by atoms with Crippen molar-refractivity contribution in [3.8, 4) is 0 Å². The zero-order valence-corrected chi connectivity index (χ0v) is 12.2. The Labute approximate surface area is 125 Å². The Balaban J connectivity index is 0.00000147. The van der Waals surface area contributed by atoms with Gasteiger partial charge in [-0.05, 0) is 18.4 Å². The molecule has 0 bridgehead atoms. The van der Waals surface area contributed by atoms with E-state index in [1.165, 1.54) is 5.56 Å². The van der Waals surface area contributed by atoms with Gasteiger partial charge in [0.1, 0.15) is 6.04 Å². The summed E-state index contributed by atoms with van der Waals surface area (Å²) >= 11 is 0. The maximum absolute atomic E-state index is 12.1. The van der Waals surface area contributed by atoms with E-state index in [9.17, 15) is 4.79 Å². The molecule has 4 nitrogen and oxygen atoms in total. The fourth-order valence-corrected chi connectivity index (χ4v) is 2.62. The Bertz CT molecular complexity index is 442. The molecule has 1 amide bonds. The lowest BCUT2D eigenvalue weighted by atomic mass is 9.96. The van der Waals surface area contributed by atoms with Gasteiger partial charge >= 0.3 is 0 Å². The van der Waals surface area contributed by atoms with Gasteiger partial charge in [0.2, 0.25) is 5.91 Å². The highest BCUT2D eigenvalue weighted by Gasteiger charge is 2.44. The number of hydrogen-bond donors (Lipinski definition) is 2. The van der Waals surface area contributed by atoms with Gasteiger partial charge in [-0.15, -0.1) is 12.4 Å². The van der Waals surface area contributed by atoms with Crippen molar-refractivity contribution in [3.63, 3.8) is 0 Å². The fraction of sp³-hybridized carbons (Fsp3) is 0.533. The number of halogens is 1. The summed E-state index contributed by atoms with van der Waals surface area (Å²) in [5.74, 6) is 0.0573. The average Bonchev–Trinajstić information content (AvgIpc) is 3.28. The normalized spacial score (nSPS) is 23.5. The number of ether oxygens (including phenoxy) is 1. The second-order valence-electron chi connectivity index (χ2n) is 5.45. The standard InChI is InChI=1S/C15H20N2O2.ClH/c18-14(13-10-19-9-8-16-13)17-11-15(6-7-15)12-4-2-1-3-5-12;/h1-5,13,16H,6-11H2,(H,17,18);1H. The van der Waals surface area contributed by atoms with Crippen LogP contribution in [-0.2, 0) is 14.9 Å². The highest BCUT2D eigenvalue weighted by Crippen LogP contribution is 2.47. The van der Waals surface area contributed by atoms with Gasteiger partial charge in [-0.3, -0.25) is 4.79 Å².